The highest BCUT2D eigenvalue weighted by Gasteiger charge is 2.12. The summed E-state index contributed by atoms with van der Waals surface area (Å²) in [6, 6.07) is 4.31. The van der Waals surface area contributed by atoms with Crippen molar-refractivity contribution in [2.45, 2.75) is 33.2 Å². The molecule has 0 spiro atoms. The smallest absolute Gasteiger partial charge is 0.225 e. The number of hydrogen-bond donors (Lipinski definition) is 0. The average Bonchev–Trinajstić information content (AvgIpc) is 2.18. The van der Waals surface area contributed by atoms with Gasteiger partial charge in [0.05, 0.1) is 12.5 Å². The molecular weight excluding hydrogens is 188 g/mol. The first-order chi connectivity index (χ1) is 7.15. The second-order valence-corrected chi connectivity index (χ2v) is 3.69. The minimum Gasteiger partial charge on any atom is -0.337 e. The Balaban J connectivity index is 2.84. The zero-order valence-corrected chi connectivity index (χ0v) is 9.44. The van der Waals surface area contributed by atoms with Gasteiger partial charge in [-0.05, 0) is 26.8 Å². The minimum atomic E-state index is 0.306. The molecule has 0 aliphatic heterocycles. The number of hydrogen-bond acceptors (Lipinski definition) is 4. The lowest BCUT2D eigenvalue weighted by Crippen LogP contribution is -2.33. The topological polar surface area (TPSA) is 52.8 Å². The Hall–Kier alpha value is -1.63. The van der Waals surface area contributed by atoms with Crippen LogP contribution in [0.15, 0.2) is 12.3 Å². The Bertz CT molecular complexity index is 354. The van der Waals surface area contributed by atoms with E-state index in [4.69, 9.17) is 5.26 Å². The first-order valence-electron chi connectivity index (χ1n) is 5.08. The van der Waals surface area contributed by atoms with Gasteiger partial charge in [0, 0.05) is 24.5 Å². The predicted octanol–water partition coefficient (Wildman–Crippen LogP) is 1.91. The molecular formula is C11H16N4. The van der Waals surface area contributed by atoms with Crippen molar-refractivity contribution in [3.8, 4) is 6.07 Å². The molecule has 1 aromatic rings. The van der Waals surface area contributed by atoms with E-state index in [0.717, 1.165) is 5.69 Å². The van der Waals surface area contributed by atoms with E-state index in [1.165, 1.54) is 0 Å². The third-order valence-corrected chi connectivity index (χ3v) is 2.13. The zero-order valence-electron chi connectivity index (χ0n) is 9.44. The van der Waals surface area contributed by atoms with E-state index in [1.807, 2.05) is 17.9 Å². The zero-order chi connectivity index (χ0) is 11.3. The molecule has 80 valence electrons. The number of rotatable bonds is 4. The predicted molar refractivity (Wildman–Crippen MR) is 59.5 cm³/mol. The lowest BCUT2D eigenvalue weighted by atomic mass is 10.3. The summed E-state index contributed by atoms with van der Waals surface area (Å²) in [5, 5.41) is 8.58. The van der Waals surface area contributed by atoms with E-state index in [1.54, 1.807) is 6.20 Å². The van der Waals surface area contributed by atoms with Gasteiger partial charge in [-0.25, -0.2) is 9.97 Å². The molecule has 0 fully saturated rings. The van der Waals surface area contributed by atoms with Gasteiger partial charge in [-0.1, -0.05) is 0 Å². The molecule has 0 unspecified atom stereocenters. The van der Waals surface area contributed by atoms with Crippen molar-refractivity contribution in [2.75, 3.05) is 11.4 Å². The maximum absolute atomic E-state index is 8.58. The first kappa shape index (κ1) is 11.4. The van der Waals surface area contributed by atoms with Crippen LogP contribution in [0.25, 0.3) is 0 Å². The summed E-state index contributed by atoms with van der Waals surface area (Å²) < 4.78 is 0. The van der Waals surface area contributed by atoms with Crippen molar-refractivity contribution < 1.29 is 0 Å². The molecule has 0 bridgehead atoms. The largest absolute Gasteiger partial charge is 0.337 e. The maximum atomic E-state index is 8.58. The van der Waals surface area contributed by atoms with Gasteiger partial charge in [-0.3, -0.25) is 0 Å². The lowest BCUT2D eigenvalue weighted by Gasteiger charge is -2.25. The second kappa shape index (κ2) is 5.30. The van der Waals surface area contributed by atoms with E-state index in [-0.39, 0.29) is 0 Å². The normalized spacial score (nSPS) is 10.1. The molecule has 0 aromatic carbocycles. The third-order valence-electron chi connectivity index (χ3n) is 2.13. The van der Waals surface area contributed by atoms with Gasteiger partial charge in [0.1, 0.15) is 0 Å². The van der Waals surface area contributed by atoms with Crippen LogP contribution in [0.1, 0.15) is 26.0 Å². The van der Waals surface area contributed by atoms with Crippen LogP contribution < -0.4 is 4.90 Å². The van der Waals surface area contributed by atoms with Crippen LogP contribution >= 0.6 is 0 Å². The van der Waals surface area contributed by atoms with E-state index >= 15 is 0 Å². The molecule has 15 heavy (non-hydrogen) atoms. The van der Waals surface area contributed by atoms with Crippen molar-refractivity contribution in [1.82, 2.24) is 9.97 Å². The average molecular weight is 204 g/mol. The Morgan fingerprint density at radius 3 is 2.80 bits per heavy atom. The van der Waals surface area contributed by atoms with Gasteiger partial charge in [0.15, 0.2) is 0 Å². The number of nitrogens with zero attached hydrogens (tertiary/aromatic N) is 4. The molecule has 1 heterocycles. The quantitative estimate of drug-likeness (QED) is 0.751. The summed E-state index contributed by atoms with van der Waals surface area (Å²) in [5.41, 5.74) is 0.947. The SMILES string of the molecule is Cc1ccnc(N(CCC#N)C(C)C)n1. The van der Waals surface area contributed by atoms with Gasteiger partial charge in [0.2, 0.25) is 5.95 Å². The van der Waals surface area contributed by atoms with Crippen molar-refractivity contribution in [1.29, 1.82) is 5.26 Å². The van der Waals surface area contributed by atoms with Crippen LogP contribution in [0.5, 0.6) is 0 Å². The van der Waals surface area contributed by atoms with Crippen LogP contribution in [0, 0.1) is 18.3 Å². The molecule has 4 nitrogen and oxygen atoms in total. The number of aromatic nitrogens is 2. The second-order valence-electron chi connectivity index (χ2n) is 3.69. The Labute approximate surface area is 90.6 Å². The summed E-state index contributed by atoms with van der Waals surface area (Å²) >= 11 is 0. The minimum absolute atomic E-state index is 0.306. The van der Waals surface area contributed by atoms with Crippen molar-refractivity contribution in [2.24, 2.45) is 0 Å². The fraction of sp³-hybridized carbons (Fsp3) is 0.545. The standard InChI is InChI=1S/C11H16N4/c1-9(2)15(8-4-6-12)11-13-7-5-10(3)14-11/h5,7,9H,4,8H2,1-3H3. The highest BCUT2D eigenvalue weighted by Crippen LogP contribution is 2.11. The van der Waals surface area contributed by atoms with E-state index in [9.17, 15) is 0 Å². The molecule has 0 aliphatic carbocycles. The number of anilines is 1. The molecule has 0 aliphatic rings. The molecule has 0 N–H and O–H groups in total. The summed E-state index contributed by atoms with van der Waals surface area (Å²) in [6.45, 7) is 6.76. The Morgan fingerprint density at radius 1 is 1.53 bits per heavy atom. The fourth-order valence-electron chi connectivity index (χ4n) is 1.33. The Kier molecular flexibility index (Phi) is 4.04. The molecule has 0 radical (unpaired) electrons. The van der Waals surface area contributed by atoms with E-state index in [2.05, 4.69) is 29.9 Å². The lowest BCUT2D eigenvalue weighted by molar-refractivity contribution is 0.664. The molecule has 0 amide bonds. The molecule has 0 atom stereocenters. The number of nitriles is 1. The van der Waals surface area contributed by atoms with Gasteiger partial charge in [-0.2, -0.15) is 5.26 Å². The van der Waals surface area contributed by atoms with Gasteiger partial charge in [-0.15, -0.1) is 0 Å². The van der Waals surface area contributed by atoms with E-state index < -0.39 is 0 Å². The van der Waals surface area contributed by atoms with Gasteiger partial charge < -0.3 is 4.90 Å². The van der Waals surface area contributed by atoms with Crippen LogP contribution in [-0.2, 0) is 0 Å². The summed E-state index contributed by atoms with van der Waals surface area (Å²) in [4.78, 5) is 10.6. The monoisotopic (exact) mass is 204 g/mol. The molecule has 1 rings (SSSR count). The van der Waals surface area contributed by atoms with Gasteiger partial charge >= 0.3 is 0 Å². The summed E-state index contributed by atoms with van der Waals surface area (Å²) in [7, 11) is 0. The van der Waals surface area contributed by atoms with E-state index in [0.29, 0.717) is 25.0 Å². The highest BCUT2D eigenvalue weighted by atomic mass is 15.3. The first-order valence-corrected chi connectivity index (χ1v) is 5.08. The maximum Gasteiger partial charge on any atom is 0.225 e. The van der Waals surface area contributed by atoms with Crippen molar-refractivity contribution >= 4 is 5.95 Å². The molecule has 4 heteroatoms. The van der Waals surface area contributed by atoms with Crippen LogP contribution in [0.3, 0.4) is 0 Å². The van der Waals surface area contributed by atoms with Crippen LogP contribution in [0.4, 0.5) is 5.95 Å². The molecule has 1 aromatic heterocycles. The van der Waals surface area contributed by atoms with Gasteiger partial charge in [0.25, 0.3) is 0 Å². The summed E-state index contributed by atoms with van der Waals surface area (Å²) in [5.74, 6) is 0.709. The van der Waals surface area contributed by atoms with Crippen LogP contribution in [-0.4, -0.2) is 22.6 Å². The fourth-order valence-corrected chi connectivity index (χ4v) is 1.33. The van der Waals surface area contributed by atoms with Crippen LogP contribution in [0.2, 0.25) is 0 Å². The van der Waals surface area contributed by atoms with Crippen molar-refractivity contribution in [3.05, 3.63) is 18.0 Å². The molecule has 0 saturated heterocycles. The highest BCUT2D eigenvalue weighted by molar-refractivity contribution is 5.31. The third kappa shape index (κ3) is 3.21. The molecule has 0 saturated carbocycles. The van der Waals surface area contributed by atoms with Crippen molar-refractivity contribution in [3.63, 3.8) is 0 Å². The number of aryl methyl sites for hydroxylation is 1. The Morgan fingerprint density at radius 2 is 2.27 bits per heavy atom. The summed E-state index contributed by atoms with van der Waals surface area (Å²) in [6.07, 6.45) is 2.24.